The molecular formula is C27H31F3N2O2. The molecule has 34 heavy (non-hydrogen) atoms. The van der Waals surface area contributed by atoms with Gasteiger partial charge in [-0.05, 0) is 78.4 Å². The molecule has 2 atom stereocenters. The number of rotatable bonds is 3. The number of halogens is 3. The fourth-order valence-electron chi connectivity index (χ4n) is 5.88. The molecular weight excluding hydrogens is 441 g/mol. The number of nitrogens with one attached hydrogen (secondary N) is 1. The van der Waals surface area contributed by atoms with Gasteiger partial charge in [0.05, 0.1) is 11.6 Å². The van der Waals surface area contributed by atoms with Crippen LogP contribution in [0, 0.1) is 11.3 Å². The molecule has 2 aromatic rings. The van der Waals surface area contributed by atoms with Gasteiger partial charge >= 0.3 is 12.3 Å². The van der Waals surface area contributed by atoms with E-state index in [0.29, 0.717) is 11.5 Å². The molecule has 3 saturated heterocycles. The first kappa shape index (κ1) is 23.2. The maximum atomic E-state index is 13.6. The maximum Gasteiger partial charge on any atom is 0.417 e. The fraction of sp³-hybridized carbons (Fsp3) is 0.519. The quantitative estimate of drug-likeness (QED) is 0.578. The molecule has 4 nitrogen and oxygen atoms in total. The number of nitrogens with zero attached hydrogens (tertiary/aromatic N) is 1. The number of amides is 1. The summed E-state index contributed by atoms with van der Waals surface area (Å²) in [5, 5.41) is 3.11. The van der Waals surface area contributed by atoms with Crippen molar-refractivity contribution in [3.8, 4) is 11.1 Å². The van der Waals surface area contributed by atoms with Crippen LogP contribution >= 0.6 is 0 Å². The SMILES string of the molecule is CC1(C)CCc2cc(-c3ccccc3C(F)(F)F)ccc2C1NC(=O)O[C@H]1CN2CCC1CC2. The van der Waals surface area contributed by atoms with Crippen LogP contribution in [0.1, 0.15) is 55.8 Å². The molecule has 1 unspecified atom stereocenters. The van der Waals surface area contributed by atoms with Crippen molar-refractivity contribution < 1.29 is 22.7 Å². The molecule has 1 aliphatic carbocycles. The molecule has 3 fully saturated rings. The predicted octanol–water partition coefficient (Wildman–Crippen LogP) is 6.21. The largest absolute Gasteiger partial charge is 0.445 e. The molecule has 1 amide bonds. The average Bonchev–Trinajstić information content (AvgIpc) is 2.81. The zero-order chi connectivity index (χ0) is 24.1. The molecule has 0 aromatic heterocycles. The van der Waals surface area contributed by atoms with E-state index in [4.69, 9.17) is 4.74 Å². The molecule has 4 aliphatic rings. The van der Waals surface area contributed by atoms with Gasteiger partial charge in [0.2, 0.25) is 0 Å². The van der Waals surface area contributed by atoms with Crippen molar-refractivity contribution in [3.05, 3.63) is 59.2 Å². The number of carbonyl (C=O) groups is 1. The van der Waals surface area contributed by atoms with Crippen molar-refractivity contribution in [2.24, 2.45) is 11.3 Å². The Kier molecular flexibility index (Phi) is 5.87. The summed E-state index contributed by atoms with van der Waals surface area (Å²) >= 11 is 0. The first-order chi connectivity index (χ1) is 16.1. The number of hydrogen-bond donors (Lipinski definition) is 1. The lowest BCUT2D eigenvalue weighted by atomic mass is 9.70. The van der Waals surface area contributed by atoms with Crippen molar-refractivity contribution in [3.63, 3.8) is 0 Å². The van der Waals surface area contributed by atoms with Gasteiger partial charge in [-0.15, -0.1) is 0 Å². The van der Waals surface area contributed by atoms with Crippen molar-refractivity contribution >= 4 is 6.09 Å². The Labute approximate surface area is 198 Å². The molecule has 7 heteroatoms. The highest BCUT2D eigenvalue weighted by molar-refractivity contribution is 5.71. The lowest BCUT2D eigenvalue weighted by Crippen LogP contribution is -2.53. The zero-order valence-electron chi connectivity index (χ0n) is 19.6. The molecule has 0 spiro atoms. The van der Waals surface area contributed by atoms with Crippen LogP contribution in [0.3, 0.4) is 0 Å². The third kappa shape index (κ3) is 4.42. The third-order valence-electron chi connectivity index (χ3n) is 7.93. The predicted molar refractivity (Wildman–Crippen MR) is 124 cm³/mol. The Morgan fingerprint density at radius 2 is 1.85 bits per heavy atom. The molecule has 182 valence electrons. The first-order valence-electron chi connectivity index (χ1n) is 12.1. The Morgan fingerprint density at radius 3 is 2.53 bits per heavy atom. The second-order valence-corrected chi connectivity index (χ2v) is 10.6. The van der Waals surface area contributed by atoms with Gasteiger partial charge in [-0.3, -0.25) is 4.90 Å². The molecule has 1 N–H and O–H groups in total. The number of carbonyl (C=O) groups excluding carboxylic acids is 1. The van der Waals surface area contributed by atoms with Gasteiger partial charge in [-0.1, -0.05) is 50.2 Å². The Hall–Kier alpha value is -2.54. The molecule has 3 aliphatic heterocycles. The normalized spacial score (nSPS) is 27.7. The summed E-state index contributed by atoms with van der Waals surface area (Å²) in [6.07, 6.45) is -1.20. The average molecular weight is 473 g/mol. The summed E-state index contributed by atoms with van der Waals surface area (Å²) in [5.41, 5.74) is 1.81. The van der Waals surface area contributed by atoms with Gasteiger partial charge in [0.25, 0.3) is 0 Å². The number of alkyl carbamates (subject to hydrolysis) is 1. The van der Waals surface area contributed by atoms with Crippen LogP contribution < -0.4 is 5.32 Å². The first-order valence-corrected chi connectivity index (χ1v) is 12.1. The maximum absolute atomic E-state index is 13.6. The van der Waals surface area contributed by atoms with E-state index in [9.17, 15) is 18.0 Å². The lowest BCUT2D eigenvalue weighted by Gasteiger charge is -2.44. The molecule has 0 radical (unpaired) electrons. The van der Waals surface area contributed by atoms with E-state index in [-0.39, 0.29) is 23.1 Å². The van der Waals surface area contributed by atoms with Crippen molar-refractivity contribution in [2.45, 2.75) is 57.9 Å². The van der Waals surface area contributed by atoms with Crippen molar-refractivity contribution in [1.82, 2.24) is 10.2 Å². The van der Waals surface area contributed by atoms with E-state index < -0.39 is 17.8 Å². The topological polar surface area (TPSA) is 41.6 Å². The summed E-state index contributed by atoms with van der Waals surface area (Å²) in [4.78, 5) is 15.3. The zero-order valence-corrected chi connectivity index (χ0v) is 19.6. The van der Waals surface area contributed by atoms with Gasteiger partial charge in [0.15, 0.2) is 0 Å². The Morgan fingerprint density at radius 1 is 1.12 bits per heavy atom. The van der Waals surface area contributed by atoms with Crippen LogP contribution in [0.2, 0.25) is 0 Å². The van der Waals surface area contributed by atoms with Crippen LogP contribution in [-0.2, 0) is 17.3 Å². The van der Waals surface area contributed by atoms with E-state index in [0.717, 1.165) is 62.5 Å². The summed E-state index contributed by atoms with van der Waals surface area (Å²) in [5.74, 6) is 0.429. The summed E-state index contributed by atoms with van der Waals surface area (Å²) in [6.45, 7) is 7.18. The van der Waals surface area contributed by atoms with Crippen LogP contribution in [0.15, 0.2) is 42.5 Å². The summed E-state index contributed by atoms with van der Waals surface area (Å²) in [7, 11) is 0. The minimum absolute atomic E-state index is 0.0741. The second-order valence-electron chi connectivity index (χ2n) is 10.6. The minimum atomic E-state index is -4.42. The highest BCUT2D eigenvalue weighted by Crippen LogP contribution is 2.45. The van der Waals surface area contributed by atoms with E-state index in [2.05, 4.69) is 24.1 Å². The van der Waals surface area contributed by atoms with Gasteiger partial charge in [-0.2, -0.15) is 13.2 Å². The number of benzene rings is 2. The fourth-order valence-corrected chi connectivity index (χ4v) is 5.88. The van der Waals surface area contributed by atoms with Crippen LogP contribution in [-0.4, -0.2) is 36.7 Å². The van der Waals surface area contributed by atoms with Gasteiger partial charge in [0.1, 0.15) is 6.10 Å². The van der Waals surface area contributed by atoms with Crippen LogP contribution in [0.5, 0.6) is 0 Å². The number of hydrogen-bond acceptors (Lipinski definition) is 3. The second kappa shape index (κ2) is 8.59. The standard InChI is InChI=1S/C27H31F3N2O2/c1-26(2)12-9-19-15-18(20-5-3-4-6-22(20)27(28,29)30)7-8-21(19)24(26)31-25(33)34-23-16-32-13-10-17(23)11-14-32/h3-8,15,17,23-24H,9-14,16H2,1-2H3,(H,31,33)/t23-,24?/m0/s1. The van der Waals surface area contributed by atoms with E-state index in [1.807, 2.05) is 12.1 Å². The third-order valence-corrected chi connectivity index (χ3v) is 7.93. The lowest BCUT2D eigenvalue weighted by molar-refractivity contribution is -0.137. The molecule has 2 aromatic carbocycles. The summed E-state index contributed by atoms with van der Waals surface area (Å²) in [6, 6.07) is 10.9. The van der Waals surface area contributed by atoms with Gasteiger partial charge in [0, 0.05) is 6.54 Å². The number of alkyl halides is 3. The van der Waals surface area contributed by atoms with Gasteiger partial charge in [-0.25, -0.2) is 4.79 Å². The molecule has 2 bridgehead atoms. The van der Waals surface area contributed by atoms with Crippen LogP contribution in [0.4, 0.5) is 18.0 Å². The van der Waals surface area contributed by atoms with E-state index in [1.54, 1.807) is 12.1 Å². The monoisotopic (exact) mass is 472 g/mol. The van der Waals surface area contributed by atoms with Crippen LogP contribution in [0.25, 0.3) is 11.1 Å². The van der Waals surface area contributed by atoms with Gasteiger partial charge < -0.3 is 10.1 Å². The van der Waals surface area contributed by atoms with Crippen molar-refractivity contribution in [2.75, 3.05) is 19.6 Å². The number of aryl methyl sites for hydroxylation is 1. The minimum Gasteiger partial charge on any atom is -0.445 e. The highest BCUT2D eigenvalue weighted by atomic mass is 19.4. The molecule has 6 rings (SSSR count). The molecule has 0 saturated carbocycles. The van der Waals surface area contributed by atoms with E-state index >= 15 is 0 Å². The highest BCUT2D eigenvalue weighted by Gasteiger charge is 2.40. The Balaban J connectivity index is 1.39. The smallest absolute Gasteiger partial charge is 0.417 e. The Bertz CT molecular complexity index is 1070. The summed E-state index contributed by atoms with van der Waals surface area (Å²) < 4.78 is 46.6. The molecule has 3 heterocycles. The number of ether oxygens (including phenoxy) is 1. The van der Waals surface area contributed by atoms with Crippen molar-refractivity contribution in [1.29, 1.82) is 0 Å². The van der Waals surface area contributed by atoms with E-state index in [1.165, 1.54) is 12.1 Å². The number of fused-ring (bicyclic) bond motifs is 4. The number of piperidine rings is 3.